The number of alkyl halides is 3. The molecule has 3 rings (SSSR count). The van der Waals surface area contributed by atoms with Crippen LogP contribution in [0.4, 0.5) is 18.9 Å². The van der Waals surface area contributed by atoms with E-state index in [1.54, 1.807) is 6.92 Å². The molecule has 0 aliphatic carbocycles. The van der Waals surface area contributed by atoms with Crippen molar-refractivity contribution in [2.45, 2.75) is 13.1 Å². The molecular formula is C19H14ClF3N4O2. The van der Waals surface area contributed by atoms with Gasteiger partial charge in [-0.2, -0.15) is 18.3 Å². The predicted molar refractivity (Wildman–Crippen MR) is 101 cm³/mol. The summed E-state index contributed by atoms with van der Waals surface area (Å²) < 4.78 is 41.7. The molecule has 6 nitrogen and oxygen atoms in total. The van der Waals surface area contributed by atoms with Crippen molar-refractivity contribution in [3.8, 4) is 5.69 Å². The van der Waals surface area contributed by atoms with Crippen LogP contribution in [0.3, 0.4) is 0 Å². The summed E-state index contributed by atoms with van der Waals surface area (Å²) in [7, 11) is 0. The van der Waals surface area contributed by atoms with Crippen LogP contribution in [0, 0.1) is 6.92 Å². The van der Waals surface area contributed by atoms with Gasteiger partial charge in [-0.3, -0.25) is 9.59 Å². The predicted octanol–water partition coefficient (Wildman–Crippen LogP) is 4.20. The number of carbonyl (C=O) groups is 2. The number of aryl methyl sites for hydroxylation is 1. The molecule has 0 unspecified atom stereocenters. The number of nitrogens with two attached hydrogens (primary N) is 1. The van der Waals surface area contributed by atoms with Crippen LogP contribution in [-0.4, -0.2) is 21.6 Å². The normalized spacial score (nSPS) is 11.3. The van der Waals surface area contributed by atoms with Crippen molar-refractivity contribution in [1.29, 1.82) is 0 Å². The van der Waals surface area contributed by atoms with Crippen LogP contribution in [0.15, 0.2) is 48.7 Å². The number of nitrogens with zero attached hydrogens (tertiary/aromatic N) is 2. The summed E-state index contributed by atoms with van der Waals surface area (Å²) in [6.45, 7) is 1.59. The summed E-state index contributed by atoms with van der Waals surface area (Å²) in [6, 6.07) is 9.76. The molecule has 0 spiro atoms. The summed E-state index contributed by atoms with van der Waals surface area (Å²) in [5.41, 5.74) is 4.39. The first-order valence-corrected chi connectivity index (χ1v) is 8.58. The molecule has 150 valence electrons. The Morgan fingerprint density at radius 2 is 1.76 bits per heavy atom. The van der Waals surface area contributed by atoms with Gasteiger partial charge in [0.2, 0.25) is 5.91 Å². The monoisotopic (exact) mass is 422 g/mol. The Kier molecular flexibility index (Phi) is 5.34. The second-order valence-electron chi connectivity index (χ2n) is 6.14. The second kappa shape index (κ2) is 7.59. The minimum absolute atomic E-state index is 0.0995. The number of halogens is 4. The first-order valence-electron chi connectivity index (χ1n) is 8.21. The largest absolute Gasteiger partial charge is 0.434 e. The number of benzene rings is 2. The van der Waals surface area contributed by atoms with Crippen LogP contribution in [0.2, 0.25) is 5.02 Å². The third-order valence-electron chi connectivity index (χ3n) is 4.10. The van der Waals surface area contributed by atoms with Gasteiger partial charge in [0.05, 0.1) is 17.4 Å². The van der Waals surface area contributed by atoms with E-state index in [4.69, 9.17) is 17.3 Å². The van der Waals surface area contributed by atoms with Gasteiger partial charge in [-0.1, -0.05) is 11.6 Å². The molecule has 0 aliphatic heterocycles. The SMILES string of the molecule is Cc1cc(NC(=O)c2cnn(-c3ccc(Cl)cc3)c2C(F)(F)F)ccc1C(N)=O. The molecule has 1 heterocycles. The van der Waals surface area contributed by atoms with Gasteiger partial charge in [-0.05, 0) is 55.0 Å². The van der Waals surface area contributed by atoms with Gasteiger partial charge in [0.15, 0.2) is 5.69 Å². The Bertz CT molecular complexity index is 1090. The summed E-state index contributed by atoms with van der Waals surface area (Å²) in [5.74, 6) is -1.65. The molecule has 0 bridgehead atoms. The van der Waals surface area contributed by atoms with Crippen LogP contribution in [0.1, 0.15) is 32.0 Å². The highest BCUT2D eigenvalue weighted by Crippen LogP contribution is 2.34. The van der Waals surface area contributed by atoms with Crippen molar-refractivity contribution < 1.29 is 22.8 Å². The number of aromatic nitrogens is 2. The Hall–Kier alpha value is -3.33. The standard InChI is InChI=1S/C19H14ClF3N4O2/c1-10-8-12(4-7-14(10)17(24)28)26-18(29)15-9-25-27(16(15)19(21,22)23)13-5-2-11(20)3-6-13/h2-9H,1H3,(H2,24,28)(H,26,29). The number of anilines is 1. The van der Waals surface area contributed by atoms with Crippen LogP contribution in [0.5, 0.6) is 0 Å². The van der Waals surface area contributed by atoms with E-state index in [1.807, 2.05) is 0 Å². The van der Waals surface area contributed by atoms with E-state index in [0.717, 1.165) is 6.20 Å². The fourth-order valence-corrected chi connectivity index (χ4v) is 2.91. The fourth-order valence-electron chi connectivity index (χ4n) is 2.78. The van der Waals surface area contributed by atoms with E-state index < -0.39 is 29.2 Å². The number of rotatable bonds is 4. The number of hydrogen-bond donors (Lipinski definition) is 2. The molecule has 3 N–H and O–H groups in total. The van der Waals surface area contributed by atoms with E-state index >= 15 is 0 Å². The highest BCUT2D eigenvalue weighted by molar-refractivity contribution is 6.30. The number of hydrogen-bond acceptors (Lipinski definition) is 3. The lowest BCUT2D eigenvalue weighted by Gasteiger charge is -2.13. The third kappa shape index (κ3) is 4.24. The first kappa shape index (κ1) is 20.4. The van der Waals surface area contributed by atoms with Crippen LogP contribution in [-0.2, 0) is 6.18 Å². The van der Waals surface area contributed by atoms with Crippen molar-refractivity contribution in [1.82, 2.24) is 9.78 Å². The van der Waals surface area contributed by atoms with Crippen molar-refractivity contribution in [3.05, 3.63) is 76.1 Å². The summed E-state index contributed by atoms with van der Waals surface area (Å²) >= 11 is 5.77. The van der Waals surface area contributed by atoms with Crippen molar-refractivity contribution >= 4 is 29.1 Å². The zero-order valence-corrected chi connectivity index (χ0v) is 15.7. The molecule has 29 heavy (non-hydrogen) atoms. The molecule has 0 saturated carbocycles. The molecule has 10 heteroatoms. The van der Waals surface area contributed by atoms with Crippen molar-refractivity contribution in [2.75, 3.05) is 5.32 Å². The van der Waals surface area contributed by atoms with Crippen LogP contribution >= 0.6 is 11.6 Å². The summed E-state index contributed by atoms with van der Waals surface area (Å²) in [4.78, 5) is 23.8. The quantitative estimate of drug-likeness (QED) is 0.660. The second-order valence-corrected chi connectivity index (χ2v) is 6.58. The molecule has 0 saturated heterocycles. The van der Waals surface area contributed by atoms with Gasteiger partial charge >= 0.3 is 6.18 Å². The average Bonchev–Trinajstić information content (AvgIpc) is 3.07. The van der Waals surface area contributed by atoms with Gasteiger partial charge < -0.3 is 11.1 Å². The maximum absolute atomic E-state index is 13.7. The highest BCUT2D eigenvalue weighted by Gasteiger charge is 2.40. The van der Waals surface area contributed by atoms with Crippen LogP contribution < -0.4 is 11.1 Å². The maximum atomic E-state index is 13.7. The lowest BCUT2D eigenvalue weighted by Crippen LogP contribution is -2.21. The van der Waals surface area contributed by atoms with Gasteiger partial charge in [0.1, 0.15) is 0 Å². The lowest BCUT2D eigenvalue weighted by molar-refractivity contribution is -0.143. The molecule has 0 aliphatic rings. The molecule has 0 radical (unpaired) electrons. The summed E-state index contributed by atoms with van der Waals surface area (Å²) in [5, 5.41) is 6.47. The first-order chi connectivity index (χ1) is 13.6. The number of primary amides is 1. The number of amides is 2. The van der Waals surface area contributed by atoms with Gasteiger partial charge in [0.25, 0.3) is 5.91 Å². The van der Waals surface area contributed by atoms with E-state index in [-0.39, 0.29) is 16.9 Å². The molecule has 2 amide bonds. The minimum atomic E-state index is -4.84. The van der Waals surface area contributed by atoms with Gasteiger partial charge in [0, 0.05) is 16.3 Å². The van der Waals surface area contributed by atoms with E-state index in [0.29, 0.717) is 15.3 Å². The number of nitrogens with one attached hydrogen (secondary N) is 1. The maximum Gasteiger partial charge on any atom is 0.434 e. The Labute approximate surface area is 168 Å². The molecule has 0 atom stereocenters. The minimum Gasteiger partial charge on any atom is -0.366 e. The average molecular weight is 423 g/mol. The highest BCUT2D eigenvalue weighted by atomic mass is 35.5. The molecule has 2 aromatic carbocycles. The van der Waals surface area contributed by atoms with Gasteiger partial charge in [-0.15, -0.1) is 0 Å². The molecule has 1 aromatic heterocycles. The summed E-state index contributed by atoms with van der Waals surface area (Å²) in [6.07, 6.45) is -3.99. The number of carbonyl (C=O) groups excluding carboxylic acids is 2. The smallest absolute Gasteiger partial charge is 0.366 e. The van der Waals surface area contributed by atoms with Crippen molar-refractivity contribution in [3.63, 3.8) is 0 Å². The Morgan fingerprint density at radius 3 is 2.31 bits per heavy atom. The molecule has 0 fully saturated rings. The molecule has 3 aromatic rings. The van der Waals surface area contributed by atoms with Crippen LogP contribution in [0.25, 0.3) is 5.69 Å². The lowest BCUT2D eigenvalue weighted by atomic mass is 10.1. The zero-order valence-electron chi connectivity index (χ0n) is 14.9. The van der Waals surface area contributed by atoms with Gasteiger partial charge in [-0.25, -0.2) is 4.68 Å². The topological polar surface area (TPSA) is 90.0 Å². The van der Waals surface area contributed by atoms with E-state index in [2.05, 4.69) is 10.4 Å². The third-order valence-corrected chi connectivity index (χ3v) is 4.36. The zero-order chi connectivity index (χ0) is 21.3. The fraction of sp³-hybridized carbons (Fsp3) is 0.105. The van der Waals surface area contributed by atoms with E-state index in [1.165, 1.54) is 42.5 Å². The Morgan fingerprint density at radius 1 is 1.10 bits per heavy atom. The Balaban J connectivity index is 1.98. The molecular weight excluding hydrogens is 409 g/mol. The van der Waals surface area contributed by atoms with E-state index in [9.17, 15) is 22.8 Å². The van der Waals surface area contributed by atoms with Crippen molar-refractivity contribution in [2.24, 2.45) is 5.73 Å².